The van der Waals surface area contributed by atoms with E-state index >= 15 is 0 Å². The van der Waals surface area contributed by atoms with Gasteiger partial charge in [0.25, 0.3) is 0 Å². The molecule has 26 heavy (non-hydrogen) atoms. The Kier molecular flexibility index (Phi) is 4.95. The molecule has 3 rings (SSSR count). The number of nitrogens with zero attached hydrogens (tertiary/aromatic N) is 4. The van der Waals surface area contributed by atoms with E-state index in [0.717, 1.165) is 21.5 Å². The van der Waals surface area contributed by atoms with Crippen LogP contribution in [0.2, 0.25) is 0 Å². The fourth-order valence-electron chi connectivity index (χ4n) is 3.92. The predicted molar refractivity (Wildman–Crippen MR) is 104 cm³/mol. The molecule has 0 amide bonds. The van der Waals surface area contributed by atoms with Crippen LogP contribution in [0.15, 0.2) is 38.8 Å². The van der Waals surface area contributed by atoms with Crippen molar-refractivity contribution in [1.82, 2.24) is 4.90 Å². The molecule has 1 aromatic rings. The molecule has 0 unspecified atom stereocenters. The Morgan fingerprint density at radius 1 is 1.35 bits per heavy atom. The Morgan fingerprint density at radius 2 is 2.04 bits per heavy atom. The fraction of sp³-hybridized carbons (Fsp3) is 0.421. The average Bonchev–Trinajstić information content (AvgIpc) is 3.06. The van der Waals surface area contributed by atoms with E-state index in [-0.39, 0.29) is 11.6 Å². The molecule has 132 valence electrons. The van der Waals surface area contributed by atoms with Gasteiger partial charge in [0.05, 0.1) is 23.4 Å². The zero-order valence-corrected chi connectivity index (χ0v) is 16.9. The molecular formula is C19H18BrN5S. The van der Waals surface area contributed by atoms with Crippen molar-refractivity contribution in [2.24, 2.45) is 17.1 Å². The maximum Gasteiger partial charge on any atom is 0.192 e. The molecule has 0 saturated heterocycles. The third kappa shape index (κ3) is 2.66. The van der Waals surface area contributed by atoms with Crippen LogP contribution in [0.5, 0.6) is 0 Å². The van der Waals surface area contributed by atoms with Crippen molar-refractivity contribution >= 4 is 27.3 Å². The number of allylic oxidation sites excluding steroid dienone is 2. The molecule has 2 N–H and O–H groups in total. The van der Waals surface area contributed by atoms with Crippen molar-refractivity contribution in [3.05, 3.63) is 43.7 Å². The van der Waals surface area contributed by atoms with Gasteiger partial charge in [-0.25, -0.2) is 0 Å². The van der Waals surface area contributed by atoms with E-state index in [2.05, 4.69) is 52.9 Å². The molecule has 0 radical (unpaired) electrons. The number of thiophene rings is 1. The number of halogens is 1. The molecule has 0 saturated carbocycles. The lowest BCUT2D eigenvalue weighted by Gasteiger charge is -2.45. The first-order valence-corrected chi connectivity index (χ1v) is 9.98. The van der Waals surface area contributed by atoms with Crippen LogP contribution in [0.1, 0.15) is 24.6 Å². The van der Waals surface area contributed by atoms with Gasteiger partial charge in [-0.3, -0.25) is 4.90 Å². The molecule has 0 aromatic carbocycles. The Labute approximate surface area is 165 Å². The normalized spacial score (nSPS) is 25.0. The van der Waals surface area contributed by atoms with Gasteiger partial charge in [-0.1, -0.05) is 6.08 Å². The molecule has 0 bridgehead atoms. The zero-order chi connectivity index (χ0) is 19.1. The largest absolute Gasteiger partial charge is 0.399 e. The summed E-state index contributed by atoms with van der Waals surface area (Å²) in [6, 6.07) is 8.77. The SMILES string of the molecule is CC(C)N1CC=C2C(C#N)=C(N)C(C#N)(C#N)[C@@H](c3cc(Br)cs3)[C@@H]2C1. The number of hydrogen-bond donors (Lipinski definition) is 1. The number of fused-ring (bicyclic) bond motifs is 1. The summed E-state index contributed by atoms with van der Waals surface area (Å²) in [4.78, 5) is 3.22. The molecule has 5 nitrogen and oxygen atoms in total. The van der Waals surface area contributed by atoms with E-state index in [1.165, 1.54) is 11.3 Å². The van der Waals surface area contributed by atoms with Gasteiger partial charge < -0.3 is 5.73 Å². The van der Waals surface area contributed by atoms with Crippen molar-refractivity contribution in [1.29, 1.82) is 15.8 Å². The summed E-state index contributed by atoms with van der Waals surface area (Å²) in [6.07, 6.45) is 2.04. The maximum absolute atomic E-state index is 9.99. The highest BCUT2D eigenvalue weighted by molar-refractivity contribution is 9.10. The van der Waals surface area contributed by atoms with E-state index in [1.807, 2.05) is 17.5 Å². The molecule has 1 aliphatic heterocycles. The lowest BCUT2D eigenvalue weighted by Crippen LogP contribution is -2.49. The van der Waals surface area contributed by atoms with Crippen LogP contribution in [-0.4, -0.2) is 24.0 Å². The van der Waals surface area contributed by atoms with Gasteiger partial charge in [0.15, 0.2) is 5.41 Å². The second-order valence-electron chi connectivity index (χ2n) is 6.89. The van der Waals surface area contributed by atoms with Crippen LogP contribution < -0.4 is 5.73 Å². The topological polar surface area (TPSA) is 101 Å². The summed E-state index contributed by atoms with van der Waals surface area (Å²) >= 11 is 4.98. The van der Waals surface area contributed by atoms with Gasteiger partial charge in [-0.05, 0) is 41.4 Å². The molecular weight excluding hydrogens is 410 g/mol. The lowest BCUT2D eigenvalue weighted by atomic mass is 9.59. The average molecular weight is 428 g/mol. The minimum Gasteiger partial charge on any atom is -0.399 e. The highest BCUT2D eigenvalue weighted by Crippen LogP contribution is 2.55. The maximum atomic E-state index is 9.99. The van der Waals surface area contributed by atoms with Gasteiger partial charge in [0.1, 0.15) is 6.07 Å². The van der Waals surface area contributed by atoms with Crippen LogP contribution in [0.4, 0.5) is 0 Å². The van der Waals surface area contributed by atoms with E-state index < -0.39 is 11.3 Å². The summed E-state index contributed by atoms with van der Waals surface area (Å²) in [5.41, 5.74) is 5.99. The van der Waals surface area contributed by atoms with Crippen LogP contribution in [0.3, 0.4) is 0 Å². The third-order valence-corrected chi connectivity index (χ3v) is 7.09. The smallest absolute Gasteiger partial charge is 0.192 e. The highest BCUT2D eigenvalue weighted by atomic mass is 79.9. The van der Waals surface area contributed by atoms with Crippen molar-refractivity contribution in [3.8, 4) is 18.2 Å². The summed E-state index contributed by atoms with van der Waals surface area (Å²) in [6.45, 7) is 5.66. The number of hydrogen-bond acceptors (Lipinski definition) is 6. The molecule has 7 heteroatoms. The Morgan fingerprint density at radius 3 is 2.54 bits per heavy atom. The van der Waals surface area contributed by atoms with Crippen LogP contribution >= 0.6 is 27.3 Å². The predicted octanol–water partition coefficient (Wildman–Crippen LogP) is 3.64. The fourth-order valence-corrected chi connectivity index (χ4v) is 5.60. The molecule has 2 heterocycles. The number of rotatable bonds is 2. The zero-order valence-electron chi connectivity index (χ0n) is 14.5. The standard InChI is InChI=1S/C19H18BrN5S/c1-11(2)25-4-3-13-14(6-21)18(24)19(9-22,10-23)17(15(13)7-25)16-5-12(20)8-26-16/h3,5,8,11,15,17H,4,7,24H2,1-2H3/t15-,17-/m1/s1. The Balaban J connectivity index is 2.29. The van der Waals surface area contributed by atoms with E-state index in [4.69, 9.17) is 5.73 Å². The van der Waals surface area contributed by atoms with Crippen molar-refractivity contribution < 1.29 is 0 Å². The first-order chi connectivity index (χ1) is 12.4. The molecule has 2 aliphatic rings. The number of nitrogens with two attached hydrogens (primary N) is 1. The Bertz CT molecular complexity index is 907. The van der Waals surface area contributed by atoms with E-state index in [9.17, 15) is 15.8 Å². The Hall–Kier alpha value is -2.11. The van der Waals surface area contributed by atoms with E-state index in [1.54, 1.807) is 0 Å². The van der Waals surface area contributed by atoms with Crippen LogP contribution in [-0.2, 0) is 0 Å². The molecule has 0 spiro atoms. The molecule has 1 aliphatic carbocycles. The van der Waals surface area contributed by atoms with Crippen LogP contribution in [0.25, 0.3) is 0 Å². The quantitative estimate of drug-likeness (QED) is 0.775. The summed E-state index contributed by atoms with van der Waals surface area (Å²) < 4.78 is 0.915. The first-order valence-electron chi connectivity index (χ1n) is 8.30. The minimum atomic E-state index is -1.54. The molecule has 0 fully saturated rings. The molecule has 2 atom stereocenters. The summed E-state index contributed by atoms with van der Waals surface area (Å²) in [5, 5.41) is 31.6. The van der Waals surface area contributed by atoms with Gasteiger partial charge in [0, 0.05) is 45.7 Å². The van der Waals surface area contributed by atoms with Crippen molar-refractivity contribution in [2.75, 3.05) is 13.1 Å². The highest BCUT2D eigenvalue weighted by Gasteiger charge is 2.55. The first kappa shape index (κ1) is 18.7. The number of nitriles is 3. The summed E-state index contributed by atoms with van der Waals surface area (Å²) in [5.74, 6) is -0.531. The van der Waals surface area contributed by atoms with Crippen molar-refractivity contribution in [3.63, 3.8) is 0 Å². The van der Waals surface area contributed by atoms with Gasteiger partial charge in [0.2, 0.25) is 0 Å². The van der Waals surface area contributed by atoms with Crippen LogP contribution in [0, 0.1) is 45.3 Å². The minimum absolute atomic E-state index is 0.0834. The lowest BCUT2D eigenvalue weighted by molar-refractivity contribution is 0.175. The monoisotopic (exact) mass is 427 g/mol. The van der Waals surface area contributed by atoms with Crippen molar-refractivity contribution in [2.45, 2.75) is 25.8 Å². The van der Waals surface area contributed by atoms with Gasteiger partial charge in [-0.15, -0.1) is 11.3 Å². The summed E-state index contributed by atoms with van der Waals surface area (Å²) in [7, 11) is 0. The van der Waals surface area contributed by atoms with Gasteiger partial charge in [-0.2, -0.15) is 15.8 Å². The van der Waals surface area contributed by atoms with E-state index in [0.29, 0.717) is 18.2 Å². The molecule has 1 aromatic heterocycles. The third-order valence-electron chi connectivity index (χ3n) is 5.32. The second kappa shape index (κ2) is 6.89. The van der Waals surface area contributed by atoms with Gasteiger partial charge >= 0.3 is 0 Å². The second-order valence-corrected chi connectivity index (χ2v) is 8.75.